The van der Waals surface area contributed by atoms with Crippen LogP contribution < -0.4 is 10.1 Å². The largest absolute Gasteiger partial charge is 0.485 e. The first kappa shape index (κ1) is 15.2. The lowest BCUT2D eigenvalue weighted by molar-refractivity contribution is -0.385. The van der Waals surface area contributed by atoms with Gasteiger partial charge >= 0.3 is 0 Å². The fraction of sp³-hybridized carbons (Fsp3) is 0.308. The Hall–Kier alpha value is -2.22. The third-order valence-corrected chi connectivity index (χ3v) is 3.50. The van der Waals surface area contributed by atoms with Crippen LogP contribution in [0.3, 0.4) is 0 Å². The Morgan fingerprint density at radius 2 is 2.33 bits per heavy atom. The minimum atomic E-state index is -0.752. The van der Waals surface area contributed by atoms with Crippen LogP contribution in [-0.4, -0.2) is 16.5 Å². The zero-order valence-corrected chi connectivity index (χ0v) is 12.2. The Bertz CT molecular complexity index is 633. The van der Waals surface area contributed by atoms with Crippen LogP contribution in [0.1, 0.15) is 18.2 Å². The van der Waals surface area contributed by atoms with E-state index in [-0.39, 0.29) is 18.0 Å². The number of rotatable bonds is 7. The molecule has 0 amide bonds. The molecule has 0 unspecified atom stereocenters. The van der Waals surface area contributed by atoms with Crippen molar-refractivity contribution in [3.63, 3.8) is 0 Å². The lowest BCUT2D eigenvalue weighted by Gasteiger charge is -2.05. The third kappa shape index (κ3) is 4.12. The van der Waals surface area contributed by atoms with Crippen molar-refractivity contribution >= 4 is 22.2 Å². The molecule has 0 aliphatic heterocycles. The van der Waals surface area contributed by atoms with E-state index in [2.05, 4.69) is 17.2 Å². The van der Waals surface area contributed by atoms with Gasteiger partial charge in [-0.3, -0.25) is 10.1 Å². The number of thiazole rings is 1. The van der Waals surface area contributed by atoms with E-state index in [9.17, 15) is 14.5 Å². The van der Waals surface area contributed by atoms with E-state index in [0.717, 1.165) is 29.0 Å². The van der Waals surface area contributed by atoms with E-state index in [4.69, 9.17) is 4.74 Å². The van der Waals surface area contributed by atoms with Crippen LogP contribution in [0, 0.1) is 15.9 Å². The Balaban J connectivity index is 1.96. The van der Waals surface area contributed by atoms with Crippen LogP contribution in [0.4, 0.5) is 15.2 Å². The molecule has 2 rings (SSSR count). The second-order valence-corrected chi connectivity index (χ2v) is 5.33. The van der Waals surface area contributed by atoms with Crippen LogP contribution in [0.2, 0.25) is 0 Å². The molecular weight excluding hydrogens is 297 g/mol. The van der Waals surface area contributed by atoms with Crippen molar-refractivity contribution in [2.24, 2.45) is 0 Å². The molecule has 0 atom stereocenters. The number of anilines is 1. The Morgan fingerprint density at radius 1 is 1.52 bits per heavy atom. The maximum atomic E-state index is 13.6. The van der Waals surface area contributed by atoms with Crippen molar-refractivity contribution in [3.8, 4) is 5.75 Å². The summed E-state index contributed by atoms with van der Waals surface area (Å²) in [7, 11) is 0. The number of hydrogen-bond acceptors (Lipinski definition) is 6. The number of non-ortho nitro benzene ring substituents is 1. The van der Waals surface area contributed by atoms with Crippen molar-refractivity contribution in [1.29, 1.82) is 0 Å². The van der Waals surface area contributed by atoms with Gasteiger partial charge in [0.2, 0.25) is 0 Å². The van der Waals surface area contributed by atoms with Crippen LogP contribution >= 0.6 is 11.3 Å². The smallest absolute Gasteiger partial charge is 0.272 e. The number of hydrogen-bond donors (Lipinski definition) is 1. The highest BCUT2D eigenvalue weighted by Crippen LogP contribution is 2.25. The second-order valence-electron chi connectivity index (χ2n) is 4.22. The standard InChI is InChI=1S/C13H14FN3O3S/c1-2-5-15-13-16-7-10(21-13)8-20-12-4-3-9(17(18)19)6-11(12)14/h3-4,6-7H,2,5,8H2,1H3,(H,15,16). The Morgan fingerprint density at radius 3 is 3.00 bits per heavy atom. The van der Waals surface area contributed by atoms with Gasteiger partial charge in [-0.2, -0.15) is 0 Å². The highest BCUT2D eigenvalue weighted by Gasteiger charge is 2.12. The quantitative estimate of drug-likeness (QED) is 0.624. The molecule has 0 aliphatic carbocycles. The molecule has 1 aromatic carbocycles. The van der Waals surface area contributed by atoms with Crippen LogP contribution in [0.5, 0.6) is 5.75 Å². The average molecular weight is 311 g/mol. The first-order valence-corrected chi connectivity index (χ1v) is 7.17. The summed E-state index contributed by atoms with van der Waals surface area (Å²) >= 11 is 1.43. The van der Waals surface area contributed by atoms with Crippen molar-refractivity contribution in [3.05, 3.63) is 45.2 Å². The fourth-order valence-electron chi connectivity index (χ4n) is 1.56. The van der Waals surface area contributed by atoms with Gasteiger partial charge in [-0.15, -0.1) is 0 Å². The molecule has 6 nitrogen and oxygen atoms in total. The molecule has 21 heavy (non-hydrogen) atoms. The second kappa shape index (κ2) is 6.98. The van der Waals surface area contributed by atoms with E-state index in [1.807, 2.05) is 0 Å². The van der Waals surface area contributed by atoms with Crippen molar-refractivity contribution in [2.75, 3.05) is 11.9 Å². The van der Waals surface area contributed by atoms with Gasteiger partial charge in [-0.25, -0.2) is 9.37 Å². The number of ether oxygens (including phenoxy) is 1. The number of nitrogens with zero attached hydrogens (tertiary/aromatic N) is 2. The predicted octanol–water partition coefficient (Wildman–Crippen LogP) is 3.59. The summed E-state index contributed by atoms with van der Waals surface area (Å²) in [6, 6.07) is 3.31. The predicted molar refractivity (Wildman–Crippen MR) is 78.3 cm³/mol. The highest BCUT2D eigenvalue weighted by atomic mass is 32.1. The lowest BCUT2D eigenvalue weighted by Crippen LogP contribution is -1.98. The van der Waals surface area contributed by atoms with E-state index >= 15 is 0 Å². The molecule has 0 fully saturated rings. The van der Waals surface area contributed by atoms with Gasteiger partial charge in [0.05, 0.1) is 15.9 Å². The Kier molecular flexibility index (Phi) is 5.04. The first-order chi connectivity index (χ1) is 10.1. The fourth-order valence-corrected chi connectivity index (χ4v) is 2.31. The van der Waals surface area contributed by atoms with Gasteiger partial charge < -0.3 is 10.1 Å². The number of nitro benzene ring substituents is 1. The van der Waals surface area contributed by atoms with Gasteiger partial charge in [-0.1, -0.05) is 18.3 Å². The minimum absolute atomic E-state index is 0.0166. The zero-order valence-electron chi connectivity index (χ0n) is 11.3. The summed E-state index contributed by atoms with van der Waals surface area (Å²) in [5.41, 5.74) is -0.302. The number of benzene rings is 1. The molecular formula is C13H14FN3O3S. The SMILES string of the molecule is CCCNc1ncc(COc2ccc([N+](=O)[O-])cc2F)s1. The summed E-state index contributed by atoms with van der Waals surface area (Å²) in [5.74, 6) is -0.768. The molecule has 1 aromatic heterocycles. The number of halogens is 1. The maximum absolute atomic E-state index is 13.6. The molecule has 0 spiro atoms. The summed E-state index contributed by atoms with van der Waals surface area (Å²) in [6.45, 7) is 3.06. The summed E-state index contributed by atoms with van der Waals surface area (Å²) < 4.78 is 19.0. The summed E-state index contributed by atoms with van der Waals surface area (Å²) in [5, 5.41) is 14.5. The zero-order chi connectivity index (χ0) is 15.2. The van der Waals surface area contributed by atoms with Crippen molar-refractivity contribution in [2.45, 2.75) is 20.0 Å². The van der Waals surface area contributed by atoms with Crippen molar-refractivity contribution in [1.82, 2.24) is 4.98 Å². The molecule has 2 aromatic rings. The van der Waals surface area contributed by atoms with Crippen molar-refractivity contribution < 1.29 is 14.1 Å². The summed E-state index contributed by atoms with van der Waals surface area (Å²) in [6.07, 6.45) is 2.66. The number of nitrogens with one attached hydrogen (secondary N) is 1. The van der Waals surface area contributed by atoms with E-state index in [0.29, 0.717) is 0 Å². The monoisotopic (exact) mass is 311 g/mol. The van der Waals surface area contributed by atoms with Gasteiger partial charge in [0.1, 0.15) is 6.61 Å². The molecule has 0 saturated carbocycles. The molecule has 1 heterocycles. The number of nitro groups is 1. The third-order valence-electron chi connectivity index (χ3n) is 2.58. The van der Waals surface area contributed by atoms with Gasteiger partial charge in [0, 0.05) is 18.8 Å². The topological polar surface area (TPSA) is 77.3 Å². The highest BCUT2D eigenvalue weighted by molar-refractivity contribution is 7.15. The number of aromatic nitrogens is 1. The van der Waals surface area contributed by atoms with Gasteiger partial charge in [0.25, 0.3) is 5.69 Å². The van der Waals surface area contributed by atoms with Crippen LogP contribution in [0.15, 0.2) is 24.4 Å². The Labute approximate surface area is 124 Å². The van der Waals surface area contributed by atoms with Gasteiger partial charge in [-0.05, 0) is 12.5 Å². The van der Waals surface area contributed by atoms with E-state index in [1.165, 1.54) is 23.5 Å². The summed E-state index contributed by atoms with van der Waals surface area (Å²) in [4.78, 5) is 14.9. The molecule has 1 N–H and O–H groups in total. The molecule has 8 heteroatoms. The first-order valence-electron chi connectivity index (χ1n) is 6.35. The molecule has 0 radical (unpaired) electrons. The molecule has 0 aliphatic rings. The molecule has 112 valence electrons. The maximum Gasteiger partial charge on any atom is 0.272 e. The van der Waals surface area contributed by atoms with E-state index < -0.39 is 10.7 Å². The normalized spacial score (nSPS) is 10.4. The molecule has 0 saturated heterocycles. The van der Waals surface area contributed by atoms with Crippen LogP contribution in [0.25, 0.3) is 0 Å². The minimum Gasteiger partial charge on any atom is -0.485 e. The average Bonchev–Trinajstić information content (AvgIpc) is 2.91. The molecule has 0 bridgehead atoms. The lowest BCUT2D eigenvalue weighted by atomic mass is 10.3. The van der Waals surface area contributed by atoms with Gasteiger partial charge in [0.15, 0.2) is 16.7 Å². The van der Waals surface area contributed by atoms with E-state index in [1.54, 1.807) is 6.20 Å². The van der Waals surface area contributed by atoms with Crippen LogP contribution in [-0.2, 0) is 6.61 Å².